The van der Waals surface area contributed by atoms with Crippen LogP contribution in [0.5, 0.6) is 0 Å². The molecule has 0 spiro atoms. The second-order valence-electron chi connectivity index (χ2n) is 6.53. The summed E-state index contributed by atoms with van der Waals surface area (Å²) in [6.07, 6.45) is 5.87. The third kappa shape index (κ3) is 3.31. The van der Waals surface area contributed by atoms with E-state index in [0.717, 1.165) is 35.6 Å². The molecule has 0 aliphatic heterocycles. The lowest BCUT2D eigenvalue weighted by Crippen LogP contribution is -2.52. The van der Waals surface area contributed by atoms with E-state index in [1.165, 1.54) is 0 Å². The van der Waals surface area contributed by atoms with Gasteiger partial charge in [-0.15, -0.1) is 11.3 Å². The van der Waals surface area contributed by atoms with Crippen LogP contribution >= 0.6 is 11.3 Å². The van der Waals surface area contributed by atoms with Crippen molar-refractivity contribution in [2.75, 3.05) is 13.1 Å². The van der Waals surface area contributed by atoms with Crippen LogP contribution in [-0.4, -0.2) is 34.3 Å². The lowest BCUT2D eigenvalue weighted by Gasteiger charge is -2.40. The first-order valence-electron chi connectivity index (χ1n) is 8.51. The summed E-state index contributed by atoms with van der Waals surface area (Å²) in [6.45, 7) is 4.96. The van der Waals surface area contributed by atoms with Crippen molar-refractivity contribution in [2.45, 2.75) is 46.0 Å². The summed E-state index contributed by atoms with van der Waals surface area (Å²) in [5.41, 5.74) is 1.71. The Labute approximate surface area is 145 Å². The van der Waals surface area contributed by atoms with Gasteiger partial charge in [-0.1, -0.05) is 6.42 Å². The van der Waals surface area contributed by atoms with Crippen molar-refractivity contribution in [1.82, 2.24) is 20.0 Å². The standard InChI is InChI=1S/C17H24N4O2S/c1-3-18-15(23)17(7-4-8-17)11-19-14(22)6-5-13-10-24-16-20-12(2)9-21(13)16/h9-10H,3-8,11H2,1-2H3,(H,18,23)(H,19,22). The third-order valence-corrected chi connectivity index (χ3v) is 5.65. The molecule has 0 bridgehead atoms. The maximum Gasteiger partial charge on any atom is 0.227 e. The molecule has 1 fully saturated rings. The van der Waals surface area contributed by atoms with Gasteiger partial charge >= 0.3 is 0 Å². The zero-order chi connectivity index (χ0) is 17.2. The van der Waals surface area contributed by atoms with Crippen LogP contribution in [-0.2, 0) is 16.0 Å². The number of fused-ring (bicyclic) bond motifs is 1. The highest BCUT2D eigenvalue weighted by Gasteiger charge is 2.43. The number of rotatable bonds is 7. The summed E-state index contributed by atoms with van der Waals surface area (Å²) in [7, 11) is 0. The summed E-state index contributed by atoms with van der Waals surface area (Å²) in [5, 5.41) is 7.90. The van der Waals surface area contributed by atoms with Crippen molar-refractivity contribution >= 4 is 28.1 Å². The van der Waals surface area contributed by atoms with E-state index < -0.39 is 0 Å². The molecule has 7 heteroatoms. The quantitative estimate of drug-likeness (QED) is 0.804. The number of carbonyl (C=O) groups excluding carboxylic acids is 2. The average Bonchev–Trinajstić information content (AvgIpc) is 3.03. The van der Waals surface area contributed by atoms with E-state index in [9.17, 15) is 9.59 Å². The first-order valence-corrected chi connectivity index (χ1v) is 9.39. The smallest absolute Gasteiger partial charge is 0.227 e. The first kappa shape index (κ1) is 17.0. The summed E-state index contributed by atoms with van der Waals surface area (Å²) >= 11 is 1.59. The number of nitrogens with zero attached hydrogens (tertiary/aromatic N) is 2. The molecular formula is C17H24N4O2S. The number of aryl methyl sites for hydroxylation is 2. The lowest BCUT2D eigenvalue weighted by molar-refractivity contribution is -0.136. The van der Waals surface area contributed by atoms with E-state index in [2.05, 4.69) is 25.4 Å². The molecule has 0 atom stereocenters. The number of amides is 2. The zero-order valence-corrected chi connectivity index (χ0v) is 15.0. The minimum Gasteiger partial charge on any atom is -0.356 e. The van der Waals surface area contributed by atoms with E-state index in [0.29, 0.717) is 25.9 Å². The Balaban J connectivity index is 1.51. The Morgan fingerprint density at radius 2 is 2.17 bits per heavy atom. The Bertz CT molecular complexity index is 745. The Hall–Kier alpha value is -1.89. The normalized spacial score (nSPS) is 15.9. The maximum atomic E-state index is 12.2. The van der Waals surface area contributed by atoms with Gasteiger partial charge in [0.25, 0.3) is 0 Å². The van der Waals surface area contributed by atoms with Gasteiger partial charge in [-0.25, -0.2) is 4.98 Å². The number of thiazole rings is 1. The molecule has 0 aromatic carbocycles. The predicted molar refractivity (Wildman–Crippen MR) is 94.1 cm³/mol. The second kappa shape index (κ2) is 6.93. The third-order valence-electron chi connectivity index (χ3n) is 4.77. The molecule has 1 aliphatic rings. The van der Waals surface area contributed by atoms with Gasteiger partial charge in [-0.3, -0.25) is 14.0 Å². The molecule has 0 saturated heterocycles. The molecule has 0 unspecified atom stereocenters. The van der Waals surface area contributed by atoms with Crippen LogP contribution in [0, 0.1) is 12.3 Å². The Kier molecular flexibility index (Phi) is 4.89. The summed E-state index contributed by atoms with van der Waals surface area (Å²) in [4.78, 5) is 29.8. The number of aromatic nitrogens is 2. The molecule has 2 aromatic rings. The summed E-state index contributed by atoms with van der Waals surface area (Å²) < 4.78 is 2.05. The molecule has 130 valence electrons. The van der Waals surface area contributed by atoms with E-state index in [-0.39, 0.29) is 17.2 Å². The van der Waals surface area contributed by atoms with Gasteiger partial charge in [0.2, 0.25) is 11.8 Å². The highest BCUT2D eigenvalue weighted by molar-refractivity contribution is 7.15. The second-order valence-corrected chi connectivity index (χ2v) is 7.37. The SMILES string of the molecule is CCNC(=O)C1(CNC(=O)CCc2csc3nc(C)cn23)CCC1. The van der Waals surface area contributed by atoms with Crippen molar-refractivity contribution in [3.05, 3.63) is 23.0 Å². The highest BCUT2D eigenvalue weighted by atomic mass is 32.1. The molecule has 0 radical (unpaired) electrons. The van der Waals surface area contributed by atoms with Crippen LogP contribution in [0.4, 0.5) is 0 Å². The molecule has 2 N–H and O–H groups in total. The molecule has 3 rings (SSSR count). The monoisotopic (exact) mass is 348 g/mol. The molecule has 1 saturated carbocycles. The fourth-order valence-electron chi connectivity index (χ4n) is 3.15. The molecule has 2 heterocycles. The molecule has 2 amide bonds. The average molecular weight is 348 g/mol. The van der Waals surface area contributed by atoms with Gasteiger partial charge in [0.1, 0.15) is 0 Å². The zero-order valence-electron chi connectivity index (χ0n) is 14.2. The van der Waals surface area contributed by atoms with Gasteiger partial charge in [0, 0.05) is 36.8 Å². The van der Waals surface area contributed by atoms with Gasteiger partial charge in [0.05, 0.1) is 11.1 Å². The minimum atomic E-state index is -0.386. The predicted octanol–water partition coefficient (Wildman–Crippen LogP) is 2.06. The molecule has 24 heavy (non-hydrogen) atoms. The van der Waals surface area contributed by atoms with Crippen LogP contribution in [0.2, 0.25) is 0 Å². The highest BCUT2D eigenvalue weighted by Crippen LogP contribution is 2.40. The van der Waals surface area contributed by atoms with E-state index in [4.69, 9.17) is 0 Å². The first-order chi connectivity index (χ1) is 11.5. The van der Waals surface area contributed by atoms with Crippen molar-refractivity contribution in [3.8, 4) is 0 Å². The number of hydrogen-bond acceptors (Lipinski definition) is 4. The minimum absolute atomic E-state index is 0.00163. The molecule has 2 aromatic heterocycles. The fraction of sp³-hybridized carbons (Fsp3) is 0.588. The van der Waals surface area contributed by atoms with Gasteiger partial charge in [0.15, 0.2) is 4.96 Å². The van der Waals surface area contributed by atoms with Crippen LogP contribution in [0.1, 0.15) is 44.0 Å². The van der Waals surface area contributed by atoms with Gasteiger partial charge in [-0.2, -0.15) is 0 Å². The van der Waals surface area contributed by atoms with Gasteiger partial charge in [-0.05, 0) is 33.1 Å². The van der Waals surface area contributed by atoms with Crippen molar-refractivity contribution < 1.29 is 9.59 Å². The topological polar surface area (TPSA) is 75.5 Å². The van der Waals surface area contributed by atoms with E-state index in [1.54, 1.807) is 11.3 Å². The maximum absolute atomic E-state index is 12.2. The Morgan fingerprint density at radius 3 is 2.83 bits per heavy atom. The largest absolute Gasteiger partial charge is 0.356 e. The number of hydrogen-bond donors (Lipinski definition) is 2. The van der Waals surface area contributed by atoms with Crippen molar-refractivity contribution in [2.24, 2.45) is 5.41 Å². The molecular weight excluding hydrogens is 324 g/mol. The van der Waals surface area contributed by atoms with Crippen LogP contribution in [0.25, 0.3) is 4.96 Å². The molecule has 1 aliphatic carbocycles. The Morgan fingerprint density at radius 1 is 1.38 bits per heavy atom. The van der Waals surface area contributed by atoms with E-state index in [1.807, 2.05) is 20.0 Å². The van der Waals surface area contributed by atoms with Crippen molar-refractivity contribution in [1.29, 1.82) is 0 Å². The number of carbonyl (C=O) groups is 2. The number of imidazole rings is 1. The van der Waals surface area contributed by atoms with Crippen LogP contribution in [0.15, 0.2) is 11.6 Å². The van der Waals surface area contributed by atoms with Gasteiger partial charge < -0.3 is 10.6 Å². The fourth-order valence-corrected chi connectivity index (χ4v) is 4.11. The van der Waals surface area contributed by atoms with Crippen LogP contribution < -0.4 is 10.6 Å². The lowest BCUT2D eigenvalue weighted by atomic mass is 9.68. The summed E-state index contributed by atoms with van der Waals surface area (Å²) in [5.74, 6) is 0.0757. The molecule has 6 nitrogen and oxygen atoms in total. The number of nitrogens with one attached hydrogen (secondary N) is 2. The summed E-state index contributed by atoms with van der Waals surface area (Å²) in [6, 6.07) is 0. The van der Waals surface area contributed by atoms with Crippen LogP contribution in [0.3, 0.4) is 0 Å². The van der Waals surface area contributed by atoms with E-state index >= 15 is 0 Å². The van der Waals surface area contributed by atoms with Crippen molar-refractivity contribution in [3.63, 3.8) is 0 Å².